The summed E-state index contributed by atoms with van der Waals surface area (Å²) >= 11 is 3.43. The number of aromatic nitrogens is 2. The number of amides is 1. The Labute approximate surface area is 151 Å². The van der Waals surface area contributed by atoms with Gasteiger partial charge in [-0.15, -0.1) is 0 Å². The number of piperazine rings is 1. The molecule has 0 spiro atoms. The predicted octanol–water partition coefficient (Wildman–Crippen LogP) is 2.61. The minimum atomic E-state index is 0.139. The van der Waals surface area contributed by atoms with Crippen molar-refractivity contribution in [1.82, 2.24) is 19.6 Å². The van der Waals surface area contributed by atoms with Gasteiger partial charge in [0.2, 0.25) is 5.91 Å². The van der Waals surface area contributed by atoms with Crippen LogP contribution < -0.4 is 0 Å². The number of carbonyl (C=O) groups is 1. The molecular weight excluding hydrogens is 368 g/mol. The summed E-state index contributed by atoms with van der Waals surface area (Å²) in [6, 6.07) is 8.50. The number of halogens is 1. The molecule has 0 radical (unpaired) electrons. The van der Waals surface area contributed by atoms with E-state index in [0.29, 0.717) is 6.54 Å². The minimum absolute atomic E-state index is 0.139. The molecule has 2 aromatic rings. The molecule has 2 heterocycles. The van der Waals surface area contributed by atoms with Crippen molar-refractivity contribution in [3.63, 3.8) is 0 Å². The first-order valence-electron chi connectivity index (χ1n) is 8.27. The van der Waals surface area contributed by atoms with Gasteiger partial charge in [0.1, 0.15) is 6.54 Å². The van der Waals surface area contributed by atoms with Crippen LogP contribution in [0.15, 0.2) is 34.9 Å². The van der Waals surface area contributed by atoms with Crippen molar-refractivity contribution in [2.75, 3.05) is 26.2 Å². The highest BCUT2D eigenvalue weighted by Crippen LogP contribution is 2.15. The molecule has 1 aliphatic rings. The maximum Gasteiger partial charge on any atom is 0.244 e. The Hall–Kier alpha value is -1.66. The second-order valence-electron chi connectivity index (χ2n) is 6.34. The molecule has 0 bridgehead atoms. The Balaban J connectivity index is 1.51. The molecule has 1 amide bonds. The Morgan fingerprint density at radius 3 is 2.50 bits per heavy atom. The first-order chi connectivity index (χ1) is 11.5. The molecule has 5 nitrogen and oxygen atoms in total. The molecule has 1 aliphatic heterocycles. The maximum absolute atomic E-state index is 12.4. The molecule has 6 heteroatoms. The smallest absolute Gasteiger partial charge is 0.244 e. The lowest BCUT2D eigenvalue weighted by molar-refractivity contribution is -0.133. The normalized spacial score (nSPS) is 15.7. The van der Waals surface area contributed by atoms with E-state index in [0.717, 1.165) is 42.9 Å². The average molecular weight is 391 g/mol. The van der Waals surface area contributed by atoms with Crippen molar-refractivity contribution in [1.29, 1.82) is 0 Å². The Kier molecular flexibility index (Phi) is 5.36. The summed E-state index contributed by atoms with van der Waals surface area (Å²) in [6.07, 6.45) is 1.86. The summed E-state index contributed by atoms with van der Waals surface area (Å²) in [5.41, 5.74) is 3.61. The second-order valence-corrected chi connectivity index (χ2v) is 7.20. The third-order valence-corrected chi connectivity index (χ3v) is 5.34. The predicted molar refractivity (Wildman–Crippen MR) is 97.7 cm³/mol. The van der Waals surface area contributed by atoms with Crippen molar-refractivity contribution in [2.24, 2.45) is 0 Å². The van der Waals surface area contributed by atoms with E-state index in [2.05, 4.69) is 57.1 Å². The minimum Gasteiger partial charge on any atom is -0.339 e. The van der Waals surface area contributed by atoms with Crippen LogP contribution in [0.4, 0.5) is 0 Å². The van der Waals surface area contributed by atoms with Crippen LogP contribution in [0.1, 0.15) is 16.8 Å². The Morgan fingerprint density at radius 1 is 1.17 bits per heavy atom. The van der Waals surface area contributed by atoms with Crippen molar-refractivity contribution >= 4 is 21.8 Å². The van der Waals surface area contributed by atoms with Crippen LogP contribution in [0, 0.1) is 13.8 Å². The fourth-order valence-corrected chi connectivity index (χ4v) is 3.31. The number of benzene rings is 1. The van der Waals surface area contributed by atoms with E-state index in [-0.39, 0.29) is 5.91 Å². The SMILES string of the molecule is Cc1ccccc1CN1CCN(C(=O)Cn2cc(Br)c(C)n2)CC1. The third-order valence-electron chi connectivity index (χ3n) is 4.56. The highest BCUT2D eigenvalue weighted by Gasteiger charge is 2.22. The number of carbonyl (C=O) groups excluding carboxylic acids is 1. The zero-order valence-corrected chi connectivity index (χ0v) is 15.8. The van der Waals surface area contributed by atoms with E-state index in [1.54, 1.807) is 4.68 Å². The molecule has 1 aromatic carbocycles. The number of rotatable bonds is 4. The fraction of sp³-hybridized carbons (Fsp3) is 0.444. The summed E-state index contributed by atoms with van der Waals surface area (Å²) in [4.78, 5) is 16.8. The summed E-state index contributed by atoms with van der Waals surface area (Å²) in [5.74, 6) is 0.139. The first kappa shape index (κ1) is 17.2. The standard InChI is InChI=1S/C18H23BrN4O/c1-14-5-3-4-6-16(14)11-21-7-9-22(10-8-21)18(24)13-23-12-17(19)15(2)20-23/h3-6,12H,7-11,13H2,1-2H3. The van der Waals surface area contributed by atoms with Crippen LogP contribution in [0.3, 0.4) is 0 Å². The topological polar surface area (TPSA) is 41.4 Å². The van der Waals surface area contributed by atoms with Gasteiger partial charge in [-0.3, -0.25) is 14.4 Å². The van der Waals surface area contributed by atoms with Gasteiger partial charge in [-0.1, -0.05) is 24.3 Å². The largest absolute Gasteiger partial charge is 0.339 e. The van der Waals surface area contributed by atoms with Crippen LogP contribution in [0.2, 0.25) is 0 Å². The van der Waals surface area contributed by atoms with E-state index in [9.17, 15) is 4.79 Å². The number of nitrogens with zero attached hydrogens (tertiary/aromatic N) is 4. The number of hydrogen-bond donors (Lipinski definition) is 0. The molecule has 128 valence electrons. The molecule has 0 unspecified atom stereocenters. The van der Waals surface area contributed by atoms with E-state index < -0.39 is 0 Å². The van der Waals surface area contributed by atoms with Crippen LogP contribution in [-0.4, -0.2) is 51.7 Å². The van der Waals surface area contributed by atoms with Gasteiger partial charge >= 0.3 is 0 Å². The first-order valence-corrected chi connectivity index (χ1v) is 9.06. The van der Waals surface area contributed by atoms with Gasteiger partial charge in [0.25, 0.3) is 0 Å². The van der Waals surface area contributed by atoms with Crippen LogP contribution in [0.5, 0.6) is 0 Å². The van der Waals surface area contributed by atoms with Gasteiger partial charge in [-0.2, -0.15) is 5.10 Å². The van der Waals surface area contributed by atoms with E-state index >= 15 is 0 Å². The van der Waals surface area contributed by atoms with Crippen molar-refractivity contribution in [3.05, 3.63) is 51.8 Å². The van der Waals surface area contributed by atoms with Crippen LogP contribution >= 0.6 is 15.9 Å². The maximum atomic E-state index is 12.4. The second kappa shape index (κ2) is 7.49. The zero-order chi connectivity index (χ0) is 17.1. The van der Waals surface area contributed by atoms with E-state index in [1.165, 1.54) is 11.1 Å². The van der Waals surface area contributed by atoms with Crippen molar-refractivity contribution in [3.8, 4) is 0 Å². The molecule has 3 rings (SSSR count). The van der Waals surface area contributed by atoms with Crippen molar-refractivity contribution < 1.29 is 4.79 Å². The zero-order valence-electron chi connectivity index (χ0n) is 14.2. The Bertz CT molecular complexity index is 700. The van der Waals surface area contributed by atoms with Gasteiger partial charge in [0.05, 0.1) is 10.2 Å². The third kappa shape index (κ3) is 4.05. The van der Waals surface area contributed by atoms with Crippen LogP contribution in [0.25, 0.3) is 0 Å². The van der Waals surface area contributed by atoms with Crippen LogP contribution in [-0.2, 0) is 17.9 Å². The molecule has 1 fully saturated rings. The summed E-state index contributed by atoms with van der Waals surface area (Å²) in [6.45, 7) is 8.75. The molecule has 1 aromatic heterocycles. The lowest BCUT2D eigenvalue weighted by Gasteiger charge is -2.35. The molecule has 0 aliphatic carbocycles. The molecule has 0 atom stereocenters. The molecule has 0 saturated carbocycles. The number of aryl methyl sites for hydroxylation is 2. The van der Waals surface area contributed by atoms with Gasteiger partial charge in [0.15, 0.2) is 0 Å². The van der Waals surface area contributed by atoms with E-state index in [4.69, 9.17) is 0 Å². The van der Waals surface area contributed by atoms with Gasteiger partial charge in [0, 0.05) is 38.9 Å². The lowest BCUT2D eigenvalue weighted by atomic mass is 10.1. The number of hydrogen-bond acceptors (Lipinski definition) is 3. The molecule has 1 saturated heterocycles. The molecule has 0 N–H and O–H groups in total. The van der Waals surface area contributed by atoms with Gasteiger partial charge in [-0.05, 0) is 40.9 Å². The molecule has 24 heavy (non-hydrogen) atoms. The monoisotopic (exact) mass is 390 g/mol. The average Bonchev–Trinajstić information content (AvgIpc) is 2.88. The fourth-order valence-electron chi connectivity index (χ4n) is 3.00. The summed E-state index contributed by atoms with van der Waals surface area (Å²) < 4.78 is 2.65. The highest BCUT2D eigenvalue weighted by molar-refractivity contribution is 9.10. The quantitative estimate of drug-likeness (QED) is 0.805. The van der Waals surface area contributed by atoms with Gasteiger partial charge in [-0.25, -0.2) is 0 Å². The van der Waals surface area contributed by atoms with Crippen molar-refractivity contribution in [2.45, 2.75) is 26.9 Å². The highest BCUT2D eigenvalue weighted by atomic mass is 79.9. The Morgan fingerprint density at radius 2 is 1.88 bits per heavy atom. The van der Waals surface area contributed by atoms with E-state index in [1.807, 2.05) is 18.0 Å². The summed E-state index contributed by atoms with van der Waals surface area (Å²) in [5, 5.41) is 4.34. The molecular formula is C18H23BrN4O. The van der Waals surface area contributed by atoms with Gasteiger partial charge < -0.3 is 4.90 Å². The lowest BCUT2D eigenvalue weighted by Crippen LogP contribution is -2.49. The summed E-state index contributed by atoms with van der Waals surface area (Å²) in [7, 11) is 0.